The molecule has 0 unspecified atom stereocenters. The Labute approximate surface area is 364 Å². The predicted molar refractivity (Wildman–Crippen MR) is 266 cm³/mol. The molecule has 3 heterocycles. The number of hydrogen-bond acceptors (Lipinski definition) is 0. The third-order valence-electron chi connectivity index (χ3n) is 13.0. The highest BCUT2D eigenvalue weighted by atomic mass is 15.0. The lowest BCUT2D eigenvalue weighted by atomic mass is 10.0. The zero-order valence-corrected chi connectivity index (χ0v) is 34.4. The van der Waals surface area contributed by atoms with E-state index in [2.05, 4.69) is 250 Å². The van der Waals surface area contributed by atoms with Crippen molar-refractivity contribution in [2.45, 2.75) is 0 Å². The van der Waals surface area contributed by atoms with Crippen LogP contribution in [0, 0.1) is 0 Å². The standard InChI is InChI=1S/C60H39N3/c1-4-16-40(17-5-1)43-28-31-58-52(34-43)49-22-10-13-25-55(49)61(58)46-37-47(62-56-26-14-11-23-50(56)53-35-44(29-32-59(53)62)41-18-6-2-7-19-41)39-48(38-46)63-57-27-15-12-24-51(57)54-36-45(30-33-60(54)63)42-20-8-3-9-21-42/h1-39H. The van der Waals surface area contributed by atoms with E-state index in [9.17, 15) is 0 Å². The lowest BCUT2D eigenvalue weighted by Gasteiger charge is -2.17. The molecular weight excluding hydrogens is 763 g/mol. The Bertz CT molecular complexity index is 3470. The Morgan fingerprint density at radius 1 is 0.175 bits per heavy atom. The molecule has 63 heavy (non-hydrogen) atoms. The first-order valence-corrected chi connectivity index (χ1v) is 21.7. The van der Waals surface area contributed by atoms with Gasteiger partial charge in [0.1, 0.15) is 0 Å². The van der Waals surface area contributed by atoms with Gasteiger partial charge in [-0.1, -0.05) is 164 Å². The smallest absolute Gasteiger partial charge is 0.0541 e. The van der Waals surface area contributed by atoms with Crippen LogP contribution < -0.4 is 0 Å². The SMILES string of the molecule is c1ccc(-c2ccc3c(c2)c2ccccc2n3-c2cc(-n3c4ccccc4c4cc(-c5ccccc5)ccc43)cc(-n3c4ccccc4c4cc(-c5ccccc5)ccc43)c2)cc1. The summed E-state index contributed by atoms with van der Waals surface area (Å²) in [6.07, 6.45) is 0. The number of rotatable bonds is 6. The summed E-state index contributed by atoms with van der Waals surface area (Å²) in [6, 6.07) is 86.6. The first kappa shape index (κ1) is 35.4. The maximum Gasteiger partial charge on any atom is 0.0541 e. The molecule has 3 nitrogen and oxygen atoms in total. The molecule has 0 atom stereocenters. The van der Waals surface area contributed by atoms with Crippen LogP contribution in [0.2, 0.25) is 0 Å². The maximum atomic E-state index is 2.47. The lowest BCUT2D eigenvalue weighted by molar-refractivity contribution is 1.10. The van der Waals surface area contributed by atoms with Gasteiger partial charge in [-0.2, -0.15) is 0 Å². The molecule has 3 heteroatoms. The van der Waals surface area contributed by atoms with E-state index in [0.29, 0.717) is 0 Å². The molecule has 0 radical (unpaired) electrons. The van der Waals surface area contributed by atoms with Crippen molar-refractivity contribution in [3.8, 4) is 50.4 Å². The number of nitrogens with zero attached hydrogens (tertiary/aromatic N) is 3. The minimum atomic E-state index is 1.10. The van der Waals surface area contributed by atoms with Gasteiger partial charge in [0.15, 0.2) is 0 Å². The highest BCUT2D eigenvalue weighted by Gasteiger charge is 2.21. The summed E-state index contributed by atoms with van der Waals surface area (Å²) in [7, 11) is 0. The summed E-state index contributed by atoms with van der Waals surface area (Å²) in [4.78, 5) is 0. The minimum absolute atomic E-state index is 1.10. The van der Waals surface area contributed by atoms with Crippen LogP contribution in [-0.4, -0.2) is 13.7 Å². The van der Waals surface area contributed by atoms with Gasteiger partial charge in [-0.05, 0) is 106 Å². The molecule has 13 rings (SSSR count). The molecule has 13 aromatic rings. The molecule has 0 saturated carbocycles. The Hall–Kier alpha value is -8.40. The lowest BCUT2D eigenvalue weighted by Crippen LogP contribution is -2.03. The van der Waals surface area contributed by atoms with E-state index in [1.165, 1.54) is 98.8 Å². The van der Waals surface area contributed by atoms with Crippen LogP contribution in [0.15, 0.2) is 237 Å². The van der Waals surface area contributed by atoms with Crippen LogP contribution in [0.3, 0.4) is 0 Å². The number of fused-ring (bicyclic) bond motifs is 9. The summed E-state index contributed by atoms with van der Waals surface area (Å²) in [5.74, 6) is 0. The van der Waals surface area contributed by atoms with Gasteiger partial charge in [-0.15, -0.1) is 0 Å². The molecule has 10 aromatic carbocycles. The van der Waals surface area contributed by atoms with Crippen LogP contribution in [0.25, 0.3) is 116 Å². The van der Waals surface area contributed by atoms with Gasteiger partial charge in [0, 0.05) is 32.3 Å². The average molecular weight is 802 g/mol. The number of benzene rings is 10. The predicted octanol–water partition coefficient (Wildman–Crippen LogP) is 16.0. The molecule has 0 aliphatic rings. The van der Waals surface area contributed by atoms with E-state index in [4.69, 9.17) is 0 Å². The average Bonchev–Trinajstić information content (AvgIpc) is 4.00. The summed E-state index contributed by atoms with van der Waals surface area (Å²) >= 11 is 0. The minimum Gasteiger partial charge on any atom is -0.309 e. The van der Waals surface area contributed by atoms with Crippen molar-refractivity contribution >= 4 is 65.4 Å². The third kappa shape index (κ3) is 5.60. The van der Waals surface area contributed by atoms with Crippen molar-refractivity contribution in [3.63, 3.8) is 0 Å². The Morgan fingerprint density at radius 2 is 0.429 bits per heavy atom. The zero-order valence-electron chi connectivity index (χ0n) is 34.4. The maximum absolute atomic E-state index is 2.47. The largest absolute Gasteiger partial charge is 0.309 e. The highest BCUT2D eigenvalue weighted by molar-refractivity contribution is 6.13. The fourth-order valence-corrected chi connectivity index (χ4v) is 10.2. The van der Waals surface area contributed by atoms with Crippen molar-refractivity contribution < 1.29 is 0 Å². The number of hydrogen-bond donors (Lipinski definition) is 0. The third-order valence-corrected chi connectivity index (χ3v) is 13.0. The molecule has 0 fully saturated rings. The Kier molecular flexibility index (Phi) is 7.91. The van der Waals surface area contributed by atoms with Crippen LogP contribution in [0.5, 0.6) is 0 Å². The van der Waals surface area contributed by atoms with Crippen molar-refractivity contribution in [2.24, 2.45) is 0 Å². The number of aromatic nitrogens is 3. The van der Waals surface area contributed by atoms with E-state index in [1.807, 2.05) is 0 Å². The zero-order chi connectivity index (χ0) is 41.4. The molecule has 0 aliphatic heterocycles. The summed E-state index contributed by atoms with van der Waals surface area (Å²) < 4.78 is 7.40. The molecule has 0 amide bonds. The Balaban J connectivity index is 1.12. The first-order chi connectivity index (χ1) is 31.2. The van der Waals surface area contributed by atoms with Crippen LogP contribution in [0.4, 0.5) is 0 Å². The molecule has 0 aliphatic carbocycles. The first-order valence-electron chi connectivity index (χ1n) is 21.7. The van der Waals surface area contributed by atoms with Gasteiger partial charge in [0.05, 0.1) is 50.2 Å². The quantitative estimate of drug-likeness (QED) is 0.159. The highest BCUT2D eigenvalue weighted by Crippen LogP contribution is 2.41. The topological polar surface area (TPSA) is 14.8 Å². The van der Waals surface area contributed by atoms with Crippen LogP contribution in [-0.2, 0) is 0 Å². The van der Waals surface area contributed by atoms with E-state index >= 15 is 0 Å². The molecule has 0 bridgehead atoms. The molecule has 3 aromatic heterocycles. The van der Waals surface area contributed by atoms with Gasteiger partial charge in [-0.25, -0.2) is 0 Å². The molecule has 294 valence electrons. The fraction of sp³-hybridized carbons (Fsp3) is 0. The molecule has 0 saturated heterocycles. The van der Waals surface area contributed by atoms with Crippen LogP contribution in [0.1, 0.15) is 0 Å². The van der Waals surface area contributed by atoms with Gasteiger partial charge < -0.3 is 13.7 Å². The second-order valence-corrected chi connectivity index (χ2v) is 16.6. The van der Waals surface area contributed by atoms with Crippen molar-refractivity contribution in [1.82, 2.24) is 13.7 Å². The summed E-state index contributed by atoms with van der Waals surface area (Å²) in [5.41, 5.74) is 17.6. The van der Waals surface area contributed by atoms with E-state index in [1.54, 1.807) is 0 Å². The second-order valence-electron chi connectivity index (χ2n) is 16.6. The normalized spacial score (nSPS) is 11.8. The van der Waals surface area contributed by atoms with Gasteiger partial charge in [0.25, 0.3) is 0 Å². The fourth-order valence-electron chi connectivity index (χ4n) is 10.2. The summed E-state index contributed by atoms with van der Waals surface area (Å²) in [5, 5.41) is 7.38. The summed E-state index contributed by atoms with van der Waals surface area (Å²) in [6.45, 7) is 0. The van der Waals surface area contributed by atoms with Gasteiger partial charge in [-0.3, -0.25) is 0 Å². The van der Waals surface area contributed by atoms with E-state index < -0.39 is 0 Å². The van der Waals surface area contributed by atoms with Crippen molar-refractivity contribution in [2.75, 3.05) is 0 Å². The van der Waals surface area contributed by atoms with Gasteiger partial charge in [0.2, 0.25) is 0 Å². The van der Waals surface area contributed by atoms with E-state index in [0.717, 1.165) is 17.1 Å². The van der Waals surface area contributed by atoms with Gasteiger partial charge >= 0.3 is 0 Å². The van der Waals surface area contributed by atoms with Crippen molar-refractivity contribution in [3.05, 3.63) is 237 Å². The molecule has 0 N–H and O–H groups in total. The van der Waals surface area contributed by atoms with Crippen LogP contribution >= 0.6 is 0 Å². The Morgan fingerprint density at radius 3 is 0.730 bits per heavy atom. The monoisotopic (exact) mass is 801 g/mol. The van der Waals surface area contributed by atoms with Crippen molar-refractivity contribution in [1.29, 1.82) is 0 Å². The molecular formula is C60H39N3. The number of para-hydroxylation sites is 3. The molecule has 0 spiro atoms. The van der Waals surface area contributed by atoms with E-state index in [-0.39, 0.29) is 0 Å². The second kappa shape index (κ2) is 14.1.